The molecular weight excluding hydrogens is 614 g/mol. The predicted molar refractivity (Wildman–Crippen MR) is 179 cm³/mol. The molecule has 1 saturated carbocycles. The van der Waals surface area contributed by atoms with Crippen molar-refractivity contribution in [1.29, 1.82) is 5.26 Å². The number of nitrogens with zero attached hydrogens (tertiary/aromatic N) is 2. The Bertz CT molecular complexity index is 1480. The van der Waals surface area contributed by atoms with Crippen LogP contribution in [-0.2, 0) is 28.9 Å². The third-order valence-electron chi connectivity index (χ3n) is 9.11. The van der Waals surface area contributed by atoms with Crippen molar-refractivity contribution in [2.75, 3.05) is 20.8 Å². The molecular formula is C36H42BN2O7P. The summed E-state index contributed by atoms with van der Waals surface area (Å²) in [5.74, 6) is 1.49. The molecule has 6 rings (SSSR count). The molecule has 4 unspecified atom stereocenters. The van der Waals surface area contributed by atoms with Crippen LogP contribution in [0.2, 0.25) is 0 Å². The van der Waals surface area contributed by atoms with E-state index < -0.39 is 44.0 Å². The summed E-state index contributed by atoms with van der Waals surface area (Å²) >= 11 is 0. The Kier molecular flexibility index (Phi) is 9.99. The molecule has 2 radical (unpaired) electrons. The zero-order chi connectivity index (χ0) is 33.3. The van der Waals surface area contributed by atoms with Gasteiger partial charge in [0, 0.05) is 18.1 Å². The fraction of sp³-hybridized carbons (Fsp3) is 0.472. The Morgan fingerprint density at radius 1 is 0.872 bits per heavy atom. The van der Waals surface area contributed by atoms with Gasteiger partial charge in [-0.3, -0.25) is 0 Å². The van der Waals surface area contributed by atoms with Crippen LogP contribution in [0.5, 0.6) is 11.5 Å². The van der Waals surface area contributed by atoms with E-state index in [1.807, 2.05) is 66.7 Å². The van der Waals surface area contributed by atoms with Gasteiger partial charge in [0.25, 0.3) is 8.53 Å². The summed E-state index contributed by atoms with van der Waals surface area (Å²) in [5, 5.41) is 9.15. The van der Waals surface area contributed by atoms with E-state index in [1.165, 1.54) is 0 Å². The second kappa shape index (κ2) is 13.9. The molecule has 3 fully saturated rings. The van der Waals surface area contributed by atoms with Crippen molar-refractivity contribution in [3.8, 4) is 17.6 Å². The first-order valence-corrected chi connectivity index (χ1v) is 17.2. The second-order valence-corrected chi connectivity index (χ2v) is 14.0. The molecule has 3 aliphatic rings. The largest absolute Gasteiger partial charge is 0.497 e. The molecule has 1 spiro atoms. The van der Waals surface area contributed by atoms with Crippen molar-refractivity contribution in [3.05, 3.63) is 95.6 Å². The summed E-state index contributed by atoms with van der Waals surface area (Å²) in [7, 11) is 8.42. The van der Waals surface area contributed by atoms with Crippen molar-refractivity contribution in [2.24, 2.45) is 0 Å². The van der Waals surface area contributed by atoms with Crippen molar-refractivity contribution >= 4 is 16.4 Å². The number of nitriles is 1. The first-order valence-electron chi connectivity index (χ1n) is 16.1. The van der Waals surface area contributed by atoms with Gasteiger partial charge >= 0.3 is 0 Å². The van der Waals surface area contributed by atoms with Crippen molar-refractivity contribution in [2.45, 2.75) is 87.8 Å². The van der Waals surface area contributed by atoms with Crippen LogP contribution in [0.4, 0.5) is 0 Å². The number of methoxy groups -OCH3 is 2. The Morgan fingerprint density at radius 3 is 1.94 bits per heavy atom. The van der Waals surface area contributed by atoms with Gasteiger partial charge in [-0.15, -0.1) is 0 Å². The molecule has 9 nitrogen and oxygen atoms in total. The first kappa shape index (κ1) is 33.9. The standard InChI is InChI=1S/C36H42BN2O7P/c1-23(2)39(24(3)4)47(42-22-10-21-38)46-30-31-36(45-34(30)37)32(43-31)33(36)44-35(25-11-8-7-9-12-25,26-13-17-28(40-5)18-14-26)27-15-19-29(41-6)20-16-27/h7-9,11-20,23-24,30-34H,10,22H2,1-6H3/t30-,31?,32+,33+,34?,36?,47?/m1/s1. The summed E-state index contributed by atoms with van der Waals surface area (Å²) in [5.41, 5.74) is 0.988. The summed E-state index contributed by atoms with van der Waals surface area (Å²) < 4.78 is 46.4. The van der Waals surface area contributed by atoms with Crippen LogP contribution in [0, 0.1) is 11.3 Å². The van der Waals surface area contributed by atoms with Gasteiger partial charge in [0.2, 0.25) is 0 Å². The topological polar surface area (TPSA) is 91.6 Å². The smallest absolute Gasteiger partial charge is 0.259 e. The monoisotopic (exact) mass is 656 g/mol. The van der Waals surface area contributed by atoms with E-state index in [9.17, 15) is 0 Å². The summed E-state index contributed by atoms with van der Waals surface area (Å²) in [6, 6.07) is 27.7. The fourth-order valence-corrected chi connectivity index (χ4v) is 8.66. The van der Waals surface area contributed by atoms with Crippen LogP contribution < -0.4 is 9.47 Å². The molecule has 0 N–H and O–H groups in total. The first-order chi connectivity index (χ1) is 22.7. The van der Waals surface area contributed by atoms with Gasteiger partial charge in [0.05, 0.1) is 33.3 Å². The third-order valence-corrected chi connectivity index (χ3v) is 11.2. The third kappa shape index (κ3) is 5.98. The van der Waals surface area contributed by atoms with Crippen molar-refractivity contribution < 1.29 is 32.7 Å². The van der Waals surface area contributed by atoms with Crippen LogP contribution in [-0.4, -0.2) is 81.4 Å². The molecule has 0 bridgehead atoms. The summed E-state index contributed by atoms with van der Waals surface area (Å²) in [6.07, 6.45) is -1.52. The van der Waals surface area contributed by atoms with Gasteiger partial charge in [0.15, 0.2) is 5.60 Å². The van der Waals surface area contributed by atoms with E-state index >= 15 is 0 Å². The molecule has 0 amide bonds. The molecule has 2 aliphatic heterocycles. The van der Waals surface area contributed by atoms with Crippen LogP contribution >= 0.6 is 8.53 Å². The maximum absolute atomic E-state index is 9.15. The molecule has 11 heteroatoms. The maximum Gasteiger partial charge on any atom is 0.259 e. The molecule has 2 saturated heterocycles. The number of rotatable bonds is 15. The van der Waals surface area contributed by atoms with Crippen molar-refractivity contribution in [3.63, 3.8) is 0 Å². The predicted octanol–water partition coefficient (Wildman–Crippen LogP) is 6.09. The minimum Gasteiger partial charge on any atom is -0.497 e. The SMILES string of the molecule is [B]C1OC23C(O[C@H]2[C@@H]3OC(c2ccccc2)(c2ccc(OC)cc2)c2ccc(OC)cc2)[C@H]1OP(OCCC#N)N(C(C)C)C(C)C. The quantitative estimate of drug-likeness (QED) is 0.0835. The Balaban J connectivity index is 1.35. The lowest BCUT2D eigenvalue weighted by Gasteiger charge is -2.39. The van der Waals surface area contributed by atoms with Gasteiger partial charge in [-0.2, -0.15) is 5.26 Å². The molecule has 47 heavy (non-hydrogen) atoms. The lowest BCUT2D eigenvalue weighted by molar-refractivity contribution is -0.155. The van der Waals surface area contributed by atoms with Gasteiger partial charge in [-0.25, -0.2) is 4.67 Å². The average Bonchev–Trinajstić information content (AvgIpc) is 3.46. The van der Waals surface area contributed by atoms with E-state index in [0.29, 0.717) is 0 Å². The molecule has 246 valence electrons. The Hall–Kier alpha value is -3.00. The fourth-order valence-electron chi connectivity index (χ4n) is 6.91. The van der Waals surface area contributed by atoms with Gasteiger partial charge in [-0.05, 0) is 68.7 Å². The number of benzene rings is 3. The van der Waals surface area contributed by atoms with E-state index in [1.54, 1.807) is 14.2 Å². The molecule has 1 aliphatic carbocycles. The van der Waals surface area contributed by atoms with Gasteiger partial charge in [0.1, 0.15) is 49.4 Å². The number of hydrogen-bond donors (Lipinski definition) is 0. The second-order valence-electron chi connectivity index (χ2n) is 12.6. The number of hydrogen-bond acceptors (Lipinski definition) is 9. The van der Waals surface area contributed by atoms with Crippen LogP contribution in [0.3, 0.4) is 0 Å². The number of ether oxygens (including phenoxy) is 5. The van der Waals surface area contributed by atoms with E-state index in [4.69, 9.17) is 45.8 Å². The highest BCUT2D eigenvalue weighted by molar-refractivity contribution is 7.44. The summed E-state index contributed by atoms with van der Waals surface area (Å²) in [6.45, 7) is 8.65. The Morgan fingerprint density at radius 2 is 1.43 bits per heavy atom. The van der Waals surface area contributed by atoms with Gasteiger partial charge < -0.3 is 32.7 Å². The highest BCUT2D eigenvalue weighted by Gasteiger charge is 2.87. The van der Waals surface area contributed by atoms with Crippen LogP contribution in [0.1, 0.15) is 50.8 Å². The minimum atomic E-state index is -1.55. The highest BCUT2D eigenvalue weighted by Crippen LogP contribution is 2.67. The lowest BCUT2D eigenvalue weighted by atomic mass is 9.80. The van der Waals surface area contributed by atoms with Gasteiger partial charge in [-0.1, -0.05) is 54.6 Å². The normalized spacial score (nSPS) is 26.8. The molecule has 2 heterocycles. The van der Waals surface area contributed by atoms with E-state index in [-0.39, 0.29) is 31.2 Å². The lowest BCUT2D eigenvalue weighted by Crippen LogP contribution is -2.49. The zero-order valence-electron chi connectivity index (χ0n) is 27.7. The molecule has 0 aromatic heterocycles. The zero-order valence-corrected chi connectivity index (χ0v) is 28.6. The highest BCUT2D eigenvalue weighted by atomic mass is 31.2. The van der Waals surface area contributed by atoms with E-state index in [2.05, 4.69) is 50.6 Å². The minimum absolute atomic E-state index is 0.142. The van der Waals surface area contributed by atoms with Crippen molar-refractivity contribution in [1.82, 2.24) is 4.67 Å². The maximum atomic E-state index is 9.15. The molecule has 3 aromatic carbocycles. The average molecular weight is 657 g/mol. The van der Waals surface area contributed by atoms with E-state index in [0.717, 1.165) is 28.2 Å². The van der Waals surface area contributed by atoms with Crippen LogP contribution in [0.25, 0.3) is 0 Å². The van der Waals surface area contributed by atoms with Crippen LogP contribution in [0.15, 0.2) is 78.9 Å². The molecule has 3 aromatic rings. The summed E-state index contributed by atoms with van der Waals surface area (Å²) in [4.78, 5) is 0. The Labute approximate surface area is 280 Å². The molecule has 7 atom stereocenters.